The van der Waals surface area contributed by atoms with Crippen molar-refractivity contribution in [3.05, 3.63) is 53.1 Å². The maximum atomic E-state index is 12.4. The summed E-state index contributed by atoms with van der Waals surface area (Å²) in [5.74, 6) is 0.115. The second-order valence-corrected chi connectivity index (χ2v) is 7.81. The average Bonchev–Trinajstić information content (AvgIpc) is 2.56. The van der Waals surface area contributed by atoms with E-state index >= 15 is 0 Å². The van der Waals surface area contributed by atoms with E-state index in [4.69, 9.17) is 16.3 Å². The smallest absolute Gasteiger partial charge is 0.265 e. The summed E-state index contributed by atoms with van der Waals surface area (Å²) in [5.41, 5.74) is 2.27. The number of nitrogens with one attached hydrogen (secondary N) is 2. The van der Waals surface area contributed by atoms with Gasteiger partial charge < -0.3 is 15.4 Å². The normalized spacial score (nSPS) is 12.2. The van der Waals surface area contributed by atoms with Gasteiger partial charge in [-0.3, -0.25) is 9.59 Å². The Bertz CT molecular complexity index is 826. The van der Waals surface area contributed by atoms with E-state index < -0.39 is 6.10 Å². The maximum Gasteiger partial charge on any atom is 0.265 e. The molecule has 0 fully saturated rings. The summed E-state index contributed by atoms with van der Waals surface area (Å²) < 4.78 is 5.72. The third-order valence-corrected chi connectivity index (χ3v) is 4.26. The molecule has 2 amide bonds. The van der Waals surface area contributed by atoms with Crippen molar-refractivity contribution in [2.24, 2.45) is 0 Å². The standard InChI is InChI=1S/C21H25ClN2O3/c1-13(27-17-9-6-15(7-10-17)21(3,4)5)20(26)24-19-11-8-16(12-18(19)22)23-14(2)25/h6-13H,1-5H3,(H,23,25)(H,24,26). The fourth-order valence-electron chi connectivity index (χ4n) is 2.42. The highest BCUT2D eigenvalue weighted by Gasteiger charge is 2.18. The number of halogens is 1. The Morgan fingerprint density at radius 1 is 1.04 bits per heavy atom. The number of carbonyl (C=O) groups is 2. The number of anilines is 2. The van der Waals surface area contributed by atoms with Crippen molar-refractivity contribution in [2.45, 2.75) is 46.1 Å². The van der Waals surface area contributed by atoms with E-state index in [0.717, 1.165) is 0 Å². The van der Waals surface area contributed by atoms with E-state index in [-0.39, 0.29) is 17.2 Å². The van der Waals surface area contributed by atoms with Gasteiger partial charge in [0, 0.05) is 12.6 Å². The molecule has 5 nitrogen and oxygen atoms in total. The molecule has 0 saturated carbocycles. The van der Waals surface area contributed by atoms with E-state index in [1.807, 2.05) is 24.3 Å². The van der Waals surface area contributed by atoms with Crippen LogP contribution in [0.25, 0.3) is 0 Å². The molecule has 0 spiro atoms. The molecule has 27 heavy (non-hydrogen) atoms. The van der Waals surface area contributed by atoms with E-state index in [1.54, 1.807) is 25.1 Å². The lowest BCUT2D eigenvalue weighted by Gasteiger charge is -2.20. The number of benzene rings is 2. The van der Waals surface area contributed by atoms with Crippen LogP contribution in [0.3, 0.4) is 0 Å². The first-order chi connectivity index (χ1) is 12.6. The molecule has 0 heterocycles. The Hall–Kier alpha value is -2.53. The van der Waals surface area contributed by atoms with Crippen molar-refractivity contribution in [3.63, 3.8) is 0 Å². The number of amides is 2. The Kier molecular flexibility index (Phi) is 6.50. The lowest BCUT2D eigenvalue weighted by molar-refractivity contribution is -0.122. The molecule has 0 bridgehead atoms. The number of rotatable bonds is 5. The molecule has 0 aliphatic rings. The third-order valence-electron chi connectivity index (χ3n) is 3.95. The molecule has 2 rings (SSSR count). The molecule has 2 aromatic rings. The van der Waals surface area contributed by atoms with Crippen molar-refractivity contribution < 1.29 is 14.3 Å². The van der Waals surface area contributed by atoms with Crippen LogP contribution in [0, 0.1) is 0 Å². The Labute approximate surface area is 165 Å². The fraction of sp³-hybridized carbons (Fsp3) is 0.333. The maximum absolute atomic E-state index is 12.4. The van der Waals surface area contributed by atoms with Crippen LogP contribution in [0.1, 0.15) is 40.2 Å². The van der Waals surface area contributed by atoms with Gasteiger partial charge in [-0.1, -0.05) is 44.5 Å². The Morgan fingerprint density at radius 2 is 1.67 bits per heavy atom. The van der Waals surface area contributed by atoms with Crippen molar-refractivity contribution in [1.29, 1.82) is 0 Å². The van der Waals surface area contributed by atoms with Crippen LogP contribution in [0.4, 0.5) is 11.4 Å². The molecular weight excluding hydrogens is 364 g/mol. The van der Waals surface area contributed by atoms with Crippen LogP contribution in [-0.4, -0.2) is 17.9 Å². The minimum Gasteiger partial charge on any atom is -0.481 e. The van der Waals surface area contributed by atoms with Gasteiger partial charge in [0.25, 0.3) is 5.91 Å². The van der Waals surface area contributed by atoms with Crippen LogP contribution in [0.15, 0.2) is 42.5 Å². The van der Waals surface area contributed by atoms with Crippen LogP contribution in [0.2, 0.25) is 5.02 Å². The first-order valence-electron chi connectivity index (χ1n) is 8.71. The lowest BCUT2D eigenvalue weighted by Crippen LogP contribution is -2.30. The van der Waals surface area contributed by atoms with E-state index in [2.05, 4.69) is 31.4 Å². The molecular formula is C21H25ClN2O3. The second-order valence-electron chi connectivity index (χ2n) is 7.40. The number of hydrogen-bond donors (Lipinski definition) is 2. The highest BCUT2D eigenvalue weighted by Crippen LogP contribution is 2.27. The molecule has 1 unspecified atom stereocenters. The average molecular weight is 389 g/mol. The first kappa shape index (κ1) is 20.8. The number of hydrogen-bond acceptors (Lipinski definition) is 3. The van der Waals surface area contributed by atoms with Crippen LogP contribution in [-0.2, 0) is 15.0 Å². The van der Waals surface area contributed by atoms with Crippen molar-refractivity contribution in [2.75, 3.05) is 10.6 Å². The monoisotopic (exact) mass is 388 g/mol. The summed E-state index contributed by atoms with van der Waals surface area (Å²) in [6, 6.07) is 12.6. The van der Waals surface area contributed by atoms with Crippen molar-refractivity contribution in [1.82, 2.24) is 0 Å². The predicted molar refractivity (Wildman–Crippen MR) is 110 cm³/mol. The fourth-order valence-corrected chi connectivity index (χ4v) is 2.65. The van der Waals surface area contributed by atoms with Gasteiger partial charge >= 0.3 is 0 Å². The molecule has 0 aliphatic carbocycles. The summed E-state index contributed by atoms with van der Waals surface area (Å²) in [6.07, 6.45) is -0.698. The van der Waals surface area contributed by atoms with E-state index in [1.165, 1.54) is 12.5 Å². The van der Waals surface area contributed by atoms with Crippen LogP contribution >= 0.6 is 11.6 Å². The molecule has 6 heteroatoms. The summed E-state index contributed by atoms with van der Waals surface area (Å²) in [6.45, 7) is 9.50. The molecule has 0 aliphatic heterocycles. The van der Waals surface area contributed by atoms with Gasteiger partial charge in [-0.2, -0.15) is 0 Å². The zero-order chi connectivity index (χ0) is 20.2. The molecule has 144 valence electrons. The molecule has 2 N–H and O–H groups in total. The van der Waals surface area contributed by atoms with Crippen LogP contribution < -0.4 is 15.4 Å². The minimum absolute atomic E-state index is 0.0572. The Morgan fingerprint density at radius 3 is 2.19 bits per heavy atom. The quantitative estimate of drug-likeness (QED) is 0.757. The number of carbonyl (C=O) groups excluding carboxylic acids is 2. The highest BCUT2D eigenvalue weighted by molar-refractivity contribution is 6.34. The van der Waals surface area contributed by atoms with Crippen molar-refractivity contribution >= 4 is 34.8 Å². The lowest BCUT2D eigenvalue weighted by atomic mass is 9.87. The highest BCUT2D eigenvalue weighted by atomic mass is 35.5. The Balaban J connectivity index is 2.00. The molecule has 0 aromatic heterocycles. The van der Waals surface area contributed by atoms with E-state index in [9.17, 15) is 9.59 Å². The minimum atomic E-state index is -0.698. The van der Waals surface area contributed by atoms with E-state index in [0.29, 0.717) is 22.1 Å². The summed E-state index contributed by atoms with van der Waals surface area (Å²) in [7, 11) is 0. The second kappa shape index (κ2) is 8.44. The molecule has 0 radical (unpaired) electrons. The topological polar surface area (TPSA) is 67.4 Å². The SMILES string of the molecule is CC(=O)Nc1ccc(NC(=O)C(C)Oc2ccc(C(C)(C)C)cc2)c(Cl)c1. The van der Waals surface area contributed by atoms with Gasteiger partial charge in [0.1, 0.15) is 5.75 Å². The van der Waals surface area contributed by atoms with Gasteiger partial charge in [-0.05, 0) is 48.2 Å². The molecule has 1 atom stereocenters. The van der Waals surface area contributed by atoms with Gasteiger partial charge in [-0.25, -0.2) is 0 Å². The third kappa shape index (κ3) is 6.00. The van der Waals surface area contributed by atoms with Crippen LogP contribution in [0.5, 0.6) is 5.75 Å². The van der Waals surface area contributed by atoms with Gasteiger partial charge in [0.15, 0.2) is 6.10 Å². The van der Waals surface area contributed by atoms with Crippen molar-refractivity contribution in [3.8, 4) is 5.75 Å². The zero-order valence-electron chi connectivity index (χ0n) is 16.2. The summed E-state index contributed by atoms with van der Waals surface area (Å²) in [5, 5.41) is 5.70. The van der Waals surface area contributed by atoms with Gasteiger partial charge in [-0.15, -0.1) is 0 Å². The summed E-state index contributed by atoms with van der Waals surface area (Å²) >= 11 is 6.18. The largest absolute Gasteiger partial charge is 0.481 e. The number of ether oxygens (including phenoxy) is 1. The van der Waals surface area contributed by atoms with Gasteiger partial charge in [0.05, 0.1) is 10.7 Å². The molecule has 0 saturated heterocycles. The summed E-state index contributed by atoms with van der Waals surface area (Å²) in [4.78, 5) is 23.5. The van der Waals surface area contributed by atoms with Gasteiger partial charge in [0.2, 0.25) is 5.91 Å². The first-order valence-corrected chi connectivity index (χ1v) is 9.09. The molecule has 2 aromatic carbocycles. The zero-order valence-corrected chi connectivity index (χ0v) is 17.0. The predicted octanol–water partition coefficient (Wildman–Crippen LogP) is 5.00.